The number of benzene rings is 10. The third kappa shape index (κ3) is 22.8. The molecule has 22 nitrogen and oxygen atoms in total. The zero-order valence-corrected chi connectivity index (χ0v) is 78.4. The number of phenolic OH excluding ortho intramolecular Hbond substituents is 2. The molecule has 6 atom stereocenters. The largest absolute Gasteiger partial charge is 0.851 e. The van der Waals surface area contributed by atoms with Crippen molar-refractivity contribution in [2.75, 3.05) is 78.9 Å². The number of phenols is 2. The quantitative estimate of drug-likeness (QED) is 0.0176. The molecule has 130 heavy (non-hydrogen) atoms. The van der Waals surface area contributed by atoms with Crippen molar-refractivity contribution in [1.82, 2.24) is 0 Å². The maximum atomic E-state index is 15.6. The van der Waals surface area contributed by atoms with Gasteiger partial charge in [-0.3, -0.25) is 0 Å². The van der Waals surface area contributed by atoms with Gasteiger partial charge in [-0.25, -0.2) is 0 Å². The van der Waals surface area contributed by atoms with E-state index < -0.39 is 24.0 Å². The van der Waals surface area contributed by atoms with Gasteiger partial charge in [-0.05, 0) is 213 Å². The van der Waals surface area contributed by atoms with Gasteiger partial charge in [0.1, 0.15) is 69.0 Å². The molecular formula is C108H136N2O20-2. The van der Waals surface area contributed by atoms with E-state index >= 15 is 10.2 Å². The van der Waals surface area contributed by atoms with E-state index in [-0.39, 0.29) is 85.9 Å². The number of aliphatic hydroxyl groups is 6. The van der Waals surface area contributed by atoms with Gasteiger partial charge < -0.3 is 108 Å². The summed E-state index contributed by atoms with van der Waals surface area (Å²) in [5.41, 5.74) is 11.2. The van der Waals surface area contributed by atoms with E-state index in [1.54, 1.807) is 113 Å². The van der Waals surface area contributed by atoms with Gasteiger partial charge in [0.05, 0.1) is 143 Å². The van der Waals surface area contributed by atoms with Crippen LogP contribution in [0.25, 0.3) is 44.5 Å². The molecule has 1 saturated carbocycles. The molecule has 1 aliphatic rings. The summed E-state index contributed by atoms with van der Waals surface area (Å²) in [6, 6.07) is 46.9. The van der Waals surface area contributed by atoms with Crippen LogP contribution in [-0.4, -0.2) is 122 Å². The second-order valence-corrected chi connectivity index (χ2v) is 34.1. The molecule has 0 spiro atoms. The molecule has 8 N–H and O–H groups in total. The van der Waals surface area contributed by atoms with Crippen LogP contribution in [0.4, 0.5) is 34.1 Å². The Morgan fingerprint density at radius 3 is 0.800 bits per heavy atom. The second-order valence-electron chi connectivity index (χ2n) is 34.1. The summed E-state index contributed by atoms with van der Waals surface area (Å²) in [7, 11) is 9.32. The summed E-state index contributed by atoms with van der Waals surface area (Å²) in [6.07, 6.45) is 11.5. The fraction of sp³-hybridized carbons (Fsp3) is 0.444. The molecule has 0 radical (unpaired) electrons. The van der Waals surface area contributed by atoms with Crippen LogP contribution in [0.1, 0.15) is 214 Å². The zero-order valence-electron chi connectivity index (χ0n) is 78.4. The van der Waals surface area contributed by atoms with Crippen LogP contribution in [0.15, 0.2) is 158 Å². The fourth-order valence-electron chi connectivity index (χ4n) is 18.0. The standard InChI is InChI=1S/C108H136N2O20/c1-15-23-27-67(19-5)63-127-93-49-73(101-77(59-113)43-71(57-111)45-97(101)123-11)31-39-87(93)109(88-40-32-74(50-94(88)128-64-68(20-6)28-24-16-2)102-78(60-114)44-72(58-112)46-98(102)124-12)81-35-37-85(91(117)53-81)105-107(119)106(108(105)120)86-38-36-82(54-92(86)118)110(89-41-33-75(51-95(89)129-65-69(21-7)29-25-17-3)103-79(61-115)47-83(121-9)55-99(103)125-13)90-42-34-76(52-96(90)130-66-70(22-8)30-26-18-4)104-80(62-116)48-84(122-10)56-100(104)126-14/h31-56,67-70,105-108,111-118H,15-30,57-66H2,1-14H3/q-2. The Balaban J connectivity index is 1.08. The van der Waals surface area contributed by atoms with Gasteiger partial charge in [0, 0.05) is 46.5 Å². The van der Waals surface area contributed by atoms with Gasteiger partial charge in [0.2, 0.25) is 0 Å². The lowest BCUT2D eigenvalue weighted by Crippen LogP contribution is -2.63. The normalized spacial score (nSPS) is 15.1. The Bertz CT molecular complexity index is 4650. The van der Waals surface area contributed by atoms with E-state index in [9.17, 15) is 40.9 Å². The minimum atomic E-state index is -1.68. The third-order valence-corrected chi connectivity index (χ3v) is 25.9. The average molecular weight is 1780 g/mol. The second kappa shape index (κ2) is 48.3. The predicted octanol–water partition coefficient (Wildman–Crippen LogP) is 21.4. The zero-order chi connectivity index (χ0) is 93.2. The summed E-state index contributed by atoms with van der Waals surface area (Å²) in [5.74, 6) is 1.75. The number of rotatable bonds is 52. The number of hydrogen-bond donors (Lipinski definition) is 8. The molecule has 700 valence electrons. The Labute approximate surface area is 768 Å². The highest BCUT2D eigenvalue weighted by Crippen LogP contribution is 2.57. The molecule has 0 saturated heterocycles. The van der Waals surface area contributed by atoms with Crippen LogP contribution < -0.4 is 67.4 Å². The lowest BCUT2D eigenvalue weighted by atomic mass is 9.63. The first-order valence-corrected chi connectivity index (χ1v) is 46.4. The van der Waals surface area contributed by atoms with Crippen molar-refractivity contribution >= 4 is 34.1 Å². The number of nitrogens with zero attached hydrogens (tertiary/aromatic N) is 2. The van der Waals surface area contributed by atoms with Crippen LogP contribution in [-0.2, 0) is 39.6 Å². The van der Waals surface area contributed by atoms with Crippen molar-refractivity contribution in [3.05, 3.63) is 202 Å². The molecule has 11 rings (SSSR count). The van der Waals surface area contributed by atoms with Crippen molar-refractivity contribution in [1.29, 1.82) is 0 Å². The molecule has 0 bridgehead atoms. The van der Waals surface area contributed by atoms with Gasteiger partial charge in [-0.2, -0.15) is 0 Å². The van der Waals surface area contributed by atoms with Gasteiger partial charge in [-0.1, -0.05) is 181 Å². The molecule has 22 heteroatoms. The molecular weight excluding hydrogens is 1650 g/mol. The molecule has 10 aromatic rings. The number of aliphatic hydroxyl groups excluding tert-OH is 6. The first-order valence-electron chi connectivity index (χ1n) is 46.4. The summed E-state index contributed by atoms with van der Waals surface area (Å²) in [5, 5.41) is 122. The lowest BCUT2D eigenvalue weighted by molar-refractivity contribution is -0.536. The van der Waals surface area contributed by atoms with Gasteiger partial charge in [0.25, 0.3) is 0 Å². The molecule has 0 amide bonds. The van der Waals surface area contributed by atoms with Crippen LogP contribution in [0.5, 0.6) is 69.0 Å². The number of unbranched alkanes of at least 4 members (excludes halogenated alkanes) is 4. The fourth-order valence-corrected chi connectivity index (χ4v) is 18.0. The maximum Gasteiger partial charge on any atom is 0.143 e. The van der Waals surface area contributed by atoms with Gasteiger partial charge >= 0.3 is 0 Å². The van der Waals surface area contributed by atoms with Gasteiger partial charge in [-0.15, -0.1) is 12.2 Å². The minimum Gasteiger partial charge on any atom is -0.851 e. The summed E-state index contributed by atoms with van der Waals surface area (Å²) in [4.78, 5) is 3.86. The molecule has 0 heterocycles. The number of ether oxygens (including phenoxy) is 10. The van der Waals surface area contributed by atoms with E-state index in [1.807, 2.05) is 82.6 Å². The highest BCUT2D eigenvalue weighted by atomic mass is 16.5. The van der Waals surface area contributed by atoms with E-state index in [4.69, 9.17) is 47.4 Å². The Morgan fingerprint density at radius 2 is 0.569 bits per heavy atom. The molecule has 0 aromatic heterocycles. The summed E-state index contributed by atoms with van der Waals surface area (Å²) in [6.45, 7) is 16.5. The van der Waals surface area contributed by atoms with Crippen LogP contribution >= 0.6 is 0 Å². The Kier molecular flexibility index (Phi) is 37.0. The van der Waals surface area contributed by atoms with Crippen LogP contribution in [0.3, 0.4) is 0 Å². The molecule has 10 aromatic carbocycles. The summed E-state index contributed by atoms with van der Waals surface area (Å²) < 4.78 is 64.2. The van der Waals surface area contributed by atoms with Crippen molar-refractivity contribution in [3.8, 4) is 114 Å². The van der Waals surface area contributed by atoms with Crippen molar-refractivity contribution in [3.63, 3.8) is 0 Å². The molecule has 0 aliphatic heterocycles. The Morgan fingerprint density at radius 1 is 0.300 bits per heavy atom. The number of aromatic hydroxyl groups is 2. The van der Waals surface area contributed by atoms with E-state index in [2.05, 4.69) is 55.4 Å². The maximum absolute atomic E-state index is 15.6. The van der Waals surface area contributed by atoms with Crippen molar-refractivity contribution in [2.24, 2.45) is 23.7 Å². The number of hydrogen-bond acceptors (Lipinski definition) is 22. The van der Waals surface area contributed by atoms with Crippen LogP contribution in [0, 0.1) is 23.7 Å². The molecule has 1 aliphatic carbocycles. The molecule has 1 fully saturated rings. The van der Waals surface area contributed by atoms with Crippen molar-refractivity contribution < 1.29 is 98.4 Å². The first kappa shape index (κ1) is 99.6. The topological polar surface area (TPSA) is 307 Å². The van der Waals surface area contributed by atoms with E-state index in [0.717, 1.165) is 103 Å². The molecule has 6 unspecified atom stereocenters. The Hall–Kier alpha value is -10.9. The lowest BCUT2D eigenvalue weighted by Gasteiger charge is -2.61. The average Bonchev–Trinajstić information content (AvgIpc) is 0.729. The SMILES string of the molecule is CCCCC(CC)COc1cc(-c2c(CO)cc(CO)cc2OC)ccc1N(c1ccc(C2C([O-])C(c3ccc(N(c4ccc(-c5c(CO)cc(OC)cc5OC)cc4OCC(CC)CCCC)c4ccc(-c5c(CO)cc(OC)cc5OC)cc4OCC(CC)CCCC)cc3O)C2[O-])c(O)c1)c1ccc(-c2c(CO)cc(CO)cc2OC)cc1OCC(CC)CCCC. The van der Waals surface area contributed by atoms with Crippen molar-refractivity contribution in [2.45, 2.75) is 222 Å². The van der Waals surface area contributed by atoms with E-state index in [0.29, 0.717) is 196 Å². The smallest absolute Gasteiger partial charge is 0.143 e. The minimum absolute atomic E-state index is 0.109. The third-order valence-electron chi connectivity index (χ3n) is 25.9. The number of anilines is 6. The highest BCUT2D eigenvalue weighted by Gasteiger charge is 2.42. The monoisotopic (exact) mass is 1780 g/mol. The highest BCUT2D eigenvalue weighted by molar-refractivity contribution is 5.92. The van der Waals surface area contributed by atoms with E-state index in [1.165, 1.54) is 14.2 Å². The predicted molar refractivity (Wildman–Crippen MR) is 510 cm³/mol. The first-order chi connectivity index (χ1) is 63.2. The number of methoxy groups -OCH3 is 6. The van der Waals surface area contributed by atoms with Gasteiger partial charge in [0.15, 0.2) is 0 Å². The summed E-state index contributed by atoms with van der Waals surface area (Å²) >= 11 is 0. The van der Waals surface area contributed by atoms with Crippen LogP contribution in [0.2, 0.25) is 0 Å².